The van der Waals surface area contributed by atoms with E-state index in [0.717, 1.165) is 51.0 Å². The lowest BCUT2D eigenvalue weighted by molar-refractivity contribution is -0.146. The van der Waals surface area contributed by atoms with Gasteiger partial charge in [0.2, 0.25) is 5.91 Å². The molecule has 5 heteroatoms. The van der Waals surface area contributed by atoms with E-state index in [-0.39, 0.29) is 5.54 Å². The molecule has 0 aliphatic carbocycles. The Kier molecular flexibility index (Phi) is 3.11. The molecule has 98 valence electrons. The van der Waals surface area contributed by atoms with E-state index in [1.54, 1.807) is 11.3 Å². The van der Waals surface area contributed by atoms with Crippen molar-refractivity contribution in [3.8, 4) is 0 Å². The number of carbonyl (C=O) groups excluding carboxylic acids is 1. The van der Waals surface area contributed by atoms with Crippen molar-refractivity contribution in [3.05, 3.63) is 16.6 Å². The number of hydrogen-bond acceptors (Lipinski definition) is 4. The first-order valence-electron chi connectivity index (χ1n) is 6.60. The number of piperidine rings is 1. The van der Waals surface area contributed by atoms with Crippen molar-refractivity contribution in [2.45, 2.75) is 37.8 Å². The Morgan fingerprint density at radius 1 is 1.39 bits per heavy atom. The minimum absolute atomic E-state index is 0.226. The number of likely N-dealkylation sites (tertiary alicyclic amines) is 2. The Balaban J connectivity index is 1.83. The average Bonchev–Trinajstić information content (AvgIpc) is 2.98. The number of likely N-dealkylation sites (N-methyl/N-ethyl adjacent to an activating group) is 1. The van der Waals surface area contributed by atoms with E-state index in [9.17, 15) is 4.79 Å². The molecule has 0 bridgehead atoms. The topological polar surface area (TPSA) is 36.4 Å². The second-order valence-electron chi connectivity index (χ2n) is 5.37. The third-order valence-corrected chi connectivity index (χ3v) is 4.92. The zero-order valence-corrected chi connectivity index (χ0v) is 11.6. The summed E-state index contributed by atoms with van der Waals surface area (Å²) in [5, 5.41) is 2.09. The van der Waals surface area contributed by atoms with Gasteiger partial charge < -0.3 is 4.90 Å². The van der Waals surface area contributed by atoms with Crippen LogP contribution in [-0.2, 0) is 11.3 Å². The molecule has 2 fully saturated rings. The summed E-state index contributed by atoms with van der Waals surface area (Å²) in [6, 6.07) is 0. The monoisotopic (exact) mass is 265 g/mol. The summed E-state index contributed by atoms with van der Waals surface area (Å²) in [7, 11) is 1.93. The molecule has 0 saturated carbocycles. The minimum Gasteiger partial charge on any atom is -0.344 e. The van der Waals surface area contributed by atoms with Crippen LogP contribution in [0.5, 0.6) is 0 Å². The Labute approximate surface area is 112 Å². The van der Waals surface area contributed by atoms with Crippen LogP contribution in [0, 0.1) is 0 Å². The molecule has 18 heavy (non-hydrogen) atoms. The molecule has 1 aromatic rings. The fourth-order valence-electron chi connectivity index (χ4n) is 3.37. The third-order valence-electron chi connectivity index (χ3n) is 4.29. The predicted octanol–water partition coefficient (Wildman–Crippen LogP) is 1.73. The summed E-state index contributed by atoms with van der Waals surface area (Å²) in [5.74, 6) is 0.321. The van der Waals surface area contributed by atoms with Gasteiger partial charge in [0, 0.05) is 25.5 Å². The van der Waals surface area contributed by atoms with Gasteiger partial charge in [0.1, 0.15) is 5.54 Å². The van der Waals surface area contributed by atoms with Crippen LogP contribution in [0.2, 0.25) is 0 Å². The summed E-state index contributed by atoms with van der Waals surface area (Å²) in [6.45, 7) is 2.76. The van der Waals surface area contributed by atoms with Crippen LogP contribution in [0.4, 0.5) is 0 Å². The summed E-state index contributed by atoms with van der Waals surface area (Å²) < 4.78 is 0. The zero-order chi connectivity index (χ0) is 12.6. The van der Waals surface area contributed by atoms with Crippen LogP contribution in [0.1, 0.15) is 31.4 Å². The number of hydrogen-bond donors (Lipinski definition) is 0. The summed E-state index contributed by atoms with van der Waals surface area (Å²) >= 11 is 1.63. The van der Waals surface area contributed by atoms with E-state index in [1.807, 2.05) is 17.5 Å². The van der Waals surface area contributed by atoms with Gasteiger partial charge in [-0.25, -0.2) is 4.98 Å². The number of rotatable bonds is 2. The second kappa shape index (κ2) is 4.63. The molecule has 1 unspecified atom stereocenters. The number of aromatic nitrogens is 1. The summed E-state index contributed by atoms with van der Waals surface area (Å²) in [4.78, 5) is 21.2. The van der Waals surface area contributed by atoms with Crippen LogP contribution < -0.4 is 0 Å². The molecule has 3 heterocycles. The van der Waals surface area contributed by atoms with Gasteiger partial charge in [-0.3, -0.25) is 9.69 Å². The van der Waals surface area contributed by atoms with Crippen molar-refractivity contribution < 1.29 is 4.79 Å². The maximum atomic E-state index is 12.6. The SMILES string of the molecule is CN1CCCC2(CCCN2Cc2cscn2)C1=O. The highest BCUT2D eigenvalue weighted by Crippen LogP contribution is 2.38. The van der Waals surface area contributed by atoms with Gasteiger partial charge in [-0.1, -0.05) is 0 Å². The normalized spacial score (nSPS) is 29.4. The average molecular weight is 265 g/mol. The van der Waals surface area contributed by atoms with Crippen molar-refractivity contribution in [1.82, 2.24) is 14.8 Å². The van der Waals surface area contributed by atoms with Gasteiger partial charge in [0.05, 0.1) is 11.2 Å². The van der Waals surface area contributed by atoms with E-state index >= 15 is 0 Å². The lowest BCUT2D eigenvalue weighted by Gasteiger charge is -2.43. The molecule has 1 atom stereocenters. The molecule has 2 aliphatic heterocycles. The van der Waals surface area contributed by atoms with Gasteiger partial charge in [-0.05, 0) is 32.2 Å². The lowest BCUT2D eigenvalue weighted by Crippen LogP contribution is -2.58. The van der Waals surface area contributed by atoms with Gasteiger partial charge in [-0.15, -0.1) is 11.3 Å². The molecule has 1 aromatic heterocycles. The van der Waals surface area contributed by atoms with Crippen molar-refractivity contribution >= 4 is 17.2 Å². The molecule has 3 rings (SSSR count). The highest BCUT2D eigenvalue weighted by molar-refractivity contribution is 7.07. The van der Waals surface area contributed by atoms with E-state index in [2.05, 4.69) is 15.3 Å². The molecule has 2 saturated heterocycles. The zero-order valence-electron chi connectivity index (χ0n) is 10.8. The molecule has 1 spiro atoms. The first-order chi connectivity index (χ1) is 8.72. The van der Waals surface area contributed by atoms with Crippen molar-refractivity contribution in [1.29, 1.82) is 0 Å². The van der Waals surface area contributed by atoms with Crippen molar-refractivity contribution in [2.75, 3.05) is 20.1 Å². The van der Waals surface area contributed by atoms with Gasteiger partial charge >= 0.3 is 0 Å². The quantitative estimate of drug-likeness (QED) is 0.817. The van der Waals surface area contributed by atoms with E-state index in [1.165, 1.54) is 0 Å². The number of carbonyl (C=O) groups is 1. The smallest absolute Gasteiger partial charge is 0.242 e. The first kappa shape index (κ1) is 12.1. The van der Waals surface area contributed by atoms with Crippen LogP contribution in [0.25, 0.3) is 0 Å². The molecule has 0 aromatic carbocycles. The van der Waals surface area contributed by atoms with Crippen molar-refractivity contribution in [2.24, 2.45) is 0 Å². The molecule has 1 amide bonds. The van der Waals surface area contributed by atoms with E-state index in [0.29, 0.717) is 5.91 Å². The Morgan fingerprint density at radius 2 is 2.17 bits per heavy atom. The fourth-order valence-corrected chi connectivity index (χ4v) is 3.92. The molecular weight excluding hydrogens is 246 g/mol. The molecule has 0 N–H and O–H groups in total. The van der Waals surface area contributed by atoms with Crippen LogP contribution in [0.15, 0.2) is 10.9 Å². The molecule has 2 aliphatic rings. The highest BCUT2D eigenvalue weighted by atomic mass is 32.1. The number of thiazole rings is 1. The lowest BCUT2D eigenvalue weighted by atomic mass is 9.85. The second-order valence-corrected chi connectivity index (χ2v) is 6.09. The Morgan fingerprint density at radius 3 is 2.89 bits per heavy atom. The maximum absolute atomic E-state index is 12.6. The minimum atomic E-state index is -0.226. The maximum Gasteiger partial charge on any atom is 0.242 e. The van der Waals surface area contributed by atoms with Crippen LogP contribution in [0.3, 0.4) is 0 Å². The summed E-state index contributed by atoms with van der Waals surface area (Å²) in [6.07, 6.45) is 4.28. The van der Waals surface area contributed by atoms with Crippen LogP contribution in [-0.4, -0.2) is 46.4 Å². The first-order valence-corrected chi connectivity index (χ1v) is 7.54. The van der Waals surface area contributed by atoms with Gasteiger partial charge in [0.15, 0.2) is 0 Å². The molecule has 0 radical (unpaired) electrons. The Hall–Kier alpha value is -0.940. The fraction of sp³-hybridized carbons (Fsp3) is 0.692. The molecule has 4 nitrogen and oxygen atoms in total. The van der Waals surface area contributed by atoms with Crippen molar-refractivity contribution in [3.63, 3.8) is 0 Å². The van der Waals surface area contributed by atoms with Gasteiger partial charge in [0.25, 0.3) is 0 Å². The third kappa shape index (κ3) is 1.86. The summed E-state index contributed by atoms with van der Waals surface area (Å²) in [5.41, 5.74) is 2.74. The largest absolute Gasteiger partial charge is 0.344 e. The number of nitrogens with zero attached hydrogens (tertiary/aromatic N) is 3. The standard InChI is InChI=1S/C13H19N3OS/c1-15-6-2-4-13(12(15)17)5-3-7-16(13)8-11-9-18-10-14-11/h9-10H,2-8H2,1H3. The number of amides is 1. The predicted molar refractivity (Wildman–Crippen MR) is 71.4 cm³/mol. The van der Waals surface area contributed by atoms with Crippen LogP contribution >= 0.6 is 11.3 Å². The van der Waals surface area contributed by atoms with E-state index < -0.39 is 0 Å². The van der Waals surface area contributed by atoms with E-state index in [4.69, 9.17) is 0 Å². The Bertz CT molecular complexity index is 433. The molecular formula is C13H19N3OS. The highest BCUT2D eigenvalue weighted by Gasteiger charge is 2.49. The van der Waals surface area contributed by atoms with Gasteiger partial charge in [-0.2, -0.15) is 0 Å².